The molecule has 0 heterocycles. The highest BCUT2D eigenvalue weighted by Crippen LogP contribution is 2.37. The molecule has 2 N–H and O–H groups in total. The first-order valence-electron chi connectivity index (χ1n) is 8.40. The van der Waals surface area contributed by atoms with Gasteiger partial charge in [-0.15, -0.1) is 0 Å². The van der Waals surface area contributed by atoms with Crippen molar-refractivity contribution in [1.82, 2.24) is 0 Å². The first kappa shape index (κ1) is 18.8. The lowest BCUT2D eigenvalue weighted by molar-refractivity contribution is -0.118. The van der Waals surface area contributed by atoms with Crippen molar-refractivity contribution in [2.75, 3.05) is 52.8 Å². The summed E-state index contributed by atoms with van der Waals surface area (Å²) < 4.78 is 22.2. The molecule has 5 nitrogen and oxygen atoms in total. The second kappa shape index (κ2) is 12.4. The SMILES string of the molecule is CCCCOCCOCCOCCOC1(CCN)CCC1. The molecule has 1 aliphatic rings. The lowest BCUT2D eigenvalue weighted by Gasteiger charge is -2.41. The minimum atomic E-state index is 0.0600. The Morgan fingerprint density at radius 3 is 1.90 bits per heavy atom. The molecule has 1 fully saturated rings. The van der Waals surface area contributed by atoms with E-state index >= 15 is 0 Å². The van der Waals surface area contributed by atoms with E-state index in [1.165, 1.54) is 12.8 Å². The first-order chi connectivity index (χ1) is 10.3. The van der Waals surface area contributed by atoms with E-state index in [-0.39, 0.29) is 5.60 Å². The molecule has 0 unspecified atom stereocenters. The number of hydrogen-bond donors (Lipinski definition) is 1. The van der Waals surface area contributed by atoms with Gasteiger partial charge in [-0.25, -0.2) is 0 Å². The van der Waals surface area contributed by atoms with Crippen LogP contribution in [0.4, 0.5) is 0 Å². The second-order valence-electron chi connectivity index (χ2n) is 5.61. The lowest BCUT2D eigenvalue weighted by atomic mass is 9.77. The molecule has 0 aromatic heterocycles. The summed E-state index contributed by atoms with van der Waals surface area (Å²) in [6, 6.07) is 0. The summed E-state index contributed by atoms with van der Waals surface area (Å²) in [6.07, 6.45) is 6.80. The second-order valence-corrected chi connectivity index (χ2v) is 5.61. The summed E-state index contributed by atoms with van der Waals surface area (Å²) in [4.78, 5) is 0. The van der Waals surface area contributed by atoms with Gasteiger partial charge in [0.05, 0.1) is 45.2 Å². The Morgan fingerprint density at radius 1 is 0.857 bits per heavy atom. The van der Waals surface area contributed by atoms with Crippen LogP contribution in [0.5, 0.6) is 0 Å². The van der Waals surface area contributed by atoms with Crippen LogP contribution in [0.25, 0.3) is 0 Å². The van der Waals surface area contributed by atoms with Crippen LogP contribution >= 0.6 is 0 Å². The van der Waals surface area contributed by atoms with Crippen molar-refractivity contribution >= 4 is 0 Å². The molecule has 5 heteroatoms. The van der Waals surface area contributed by atoms with E-state index in [4.69, 9.17) is 24.7 Å². The Bertz CT molecular complexity index is 234. The van der Waals surface area contributed by atoms with Gasteiger partial charge in [-0.3, -0.25) is 0 Å². The average Bonchev–Trinajstić information content (AvgIpc) is 2.45. The van der Waals surface area contributed by atoms with Crippen molar-refractivity contribution in [3.8, 4) is 0 Å². The van der Waals surface area contributed by atoms with E-state index in [2.05, 4.69) is 6.92 Å². The summed E-state index contributed by atoms with van der Waals surface area (Å²) in [5, 5.41) is 0. The Hall–Kier alpha value is -0.200. The van der Waals surface area contributed by atoms with Crippen LogP contribution in [-0.4, -0.2) is 58.4 Å². The highest BCUT2D eigenvalue weighted by atomic mass is 16.6. The molecule has 1 aliphatic carbocycles. The molecule has 21 heavy (non-hydrogen) atoms. The molecule has 0 bridgehead atoms. The fraction of sp³-hybridized carbons (Fsp3) is 1.00. The quantitative estimate of drug-likeness (QED) is 0.470. The van der Waals surface area contributed by atoms with E-state index in [1.54, 1.807) is 0 Å². The van der Waals surface area contributed by atoms with Crippen LogP contribution in [0.3, 0.4) is 0 Å². The Morgan fingerprint density at radius 2 is 1.43 bits per heavy atom. The number of rotatable bonds is 15. The van der Waals surface area contributed by atoms with E-state index in [0.717, 1.165) is 32.3 Å². The maximum absolute atomic E-state index is 5.92. The van der Waals surface area contributed by atoms with Crippen LogP contribution in [-0.2, 0) is 18.9 Å². The van der Waals surface area contributed by atoms with Gasteiger partial charge in [-0.05, 0) is 38.6 Å². The highest BCUT2D eigenvalue weighted by molar-refractivity contribution is 4.89. The fourth-order valence-electron chi connectivity index (χ4n) is 2.41. The summed E-state index contributed by atoms with van der Waals surface area (Å²) in [5.41, 5.74) is 5.68. The smallest absolute Gasteiger partial charge is 0.0708 e. The Kier molecular flexibility index (Phi) is 11.1. The highest BCUT2D eigenvalue weighted by Gasteiger charge is 2.36. The third-order valence-corrected chi connectivity index (χ3v) is 3.89. The van der Waals surface area contributed by atoms with Crippen molar-refractivity contribution in [1.29, 1.82) is 0 Å². The summed E-state index contributed by atoms with van der Waals surface area (Å²) >= 11 is 0. The first-order valence-corrected chi connectivity index (χ1v) is 8.40. The van der Waals surface area contributed by atoms with Crippen molar-refractivity contribution in [3.63, 3.8) is 0 Å². The summed E-state index contributed by atoms with van der Waals surface area (Å²) in [5.74, 6) is 0. The van der Waals surface area contributed by atoms with Gasteiger partial charge in [-0.2, -0.15) is 0 Å². The van der Waals surface area contributed by atoms with Crippen LogP contribution in [0.1, 0.15) is 45.4 Å². The van der Waals surface area contributed by atoms with Crippen LogP contribution < -0.4 is 5.73 Å². The zero-order chi connectivity index (χ0) is 15.2. The van der Waals surface area contributed by atoms with Crippen LogP contribution in [0.2, 0.25) is 0 Å². The minimum absolute atomic E-state index is 0.0600. The van der Waals surface area contributed by atoms with E-state index in [0.29, 0.717) is 46.2 Å². The number of hydrogen-bond acceptors (Lipinski definition) is 5. The van der Waals surface area contributed by atoms with E-state index in [9.17, 15) is 0 Å². The standard InChI is InChI=1S/C16H33NO4/c1-2-3-9-18-10-11-19-12-13-20-14-15-21-16(7-8-17)5-4-6-16/h2-15,17H2,1H3. The van der Waals surface area contributed by atoms with Gasteiger partial charge in [0.15, 0.2) is 0 Å². The van der Waals surface area contributed by atoms with Gasteiger partial charge in [-0.1, -0.05) is 13.3 Å². The third-order valence-electron chi connectivity index (χ3n) is 3.89. The number of unbranched alkanes of at least 4 members (excludes halogenated alkanes) is 1. The zero-order valence-electron chi connectivity index (χ0n) is 13.6. The van der Waals surface area contributed by atoms with Gasteiger partial charge in [0.1, 0.15) is 0 Å². The third kappa shape index (κ3) is 8.73. The molecule has 1 rings (SSSR count). The Labute approximate surface area is 129 Å². The molecule has 0 atom stereocenters. The topological polar surface area (TPSA) is 62.9 Å². The molecule has 0 aliphatic heterocycles. The fourth-order valence-corrected chi connectivity index (χ4v) is 2.41. The molecular weight excluding hydrogens is 270 g/mol. The average molecular weight is 303 g/mol. The van der Waals surface area contributed by atoms with Gasteiger partial charge in [0.2, 0.25) is 0 Å². The predicted octanol–water partition coefficient (Wildman–Crippen LogP) is 2.12. The lowest BCUT2D eigenvalue weighted by Crippen LogP contribution is -2.42. The number of nitrogens with two attached hydrogens (primary N) is 1. The predicted molar refractivity (Wildman–Crippen MR) is 83.6 cm³/mol. The zero-order valence-corrected chi connectivity index (χ0v) is 13.6. The molecule has 1 saturated carbocycles. The monoisotopic (exact) mass is 303 g/mol. The molecule has 0 aromatic carbocycles. The van der Waals surface area contributed by atoms with Gasteiger partial charge in [0, 0.05) is 6.61 Å². The van der Waals surface area contributed by atoms with Crippen LogP contribution in [0.15, 0.2) is 0 Å². The van der Waals surface area contributed by atoms with Gasteiger partial charge < -0.3 is 24.7 Å². The maximum atomic E-state index is 5.92. The summed E-state index contributed by atoms with van der Waals surface area (Å²) in [7, 11) is 0. The van der Waals surface area contributed by atoms with Crippen molar-refractivity contribution in [2.24, 2.45) is 5.73 Å². The molecular formula is C16H33NO4. The molecule has 126 valence electrons. The normalized spacial score (nSPS) is 16.9. The molecule has 0 spiro atoms. The van der Waals surface area contributed by atoms with E-state index in [1.807, 2.05) is 0 Å². The van der Waals surface area contributed by atoms with Crippen molar-refractivity contribution in [3.05, 3.63) is 0 Å². The number of ether oxygens (including phenoxy) is 4. The van der Waals surface area contributed by atoms with Crippen molar-refractivity contribution < 1.29 is 18.9 Å². The Balaban J connectivity index is 1.78. The molecule has 0 aromatic rings. The van der Waals surface area contributed by atoms with Gasteiger partial charge in [0.25, 0.3) is 0 Å². The molecule has 0 amide bonds. The van der Waals surface area contributed by atoms with Gasteiger partial charge >= 0.3 is 0 Å². The summed E-state index contributed by atoms with van der Waals surface area (Å²) in [6.45, 7) is 7.51. The molecule has 0 radical (unpaired) electrons. The minimum Gasteiger partial charge on any atom is -0.379 e. The van der Waals surface area contributed by atoms with E-state index < -0.39 is 0 Å². The van der Waals surface area contributed by atoms with Crippen LogP contribution in [0, 0.1) is 0 Å². The largest absolute Gasteiger partial charge is 0.379 e. The maximum Gasteiger partial charge on any atom is 0.0708 e. The van der Waals surface area contributed by atoms with Crippen molar-refractivity contribution in [2.45, 2.75) is 51.0 Å². The molecule has 0 saturated heterocycles.